The van der Waals surface area contributed by atoms with Crippen LogP contribution in [0.4, 0.5) is 0 Å². The Balaban J connectivity index is 2.15. The Labute approximate surface area is 150 Å². The van der Waals surface area contributed by atoms with E-state index in [9.17, 15) is 14.4 Å². The summed E-state index contributed by atoms with van der Waals surface area (Å²) in [5.74, 6) is -1.16. The lowest BCUT2D eigenvalue weighted by Gasteiger charge is -2.17. The fourth-order valence-corrected chi connectivity index (χ4v) is 2.58. The first kappa shape index (κ1) is 18.7. The van der Waals surface area contributed by atoms with Crippen molar-refractivity contribution in [3.8, 4) is 0 Å². The van der Waals surface area contributed by atoms with Gasteiger partial charge >= 0.3 is 5.97 Å². The molecular weight excluding hydrogens is 344 g/mol. The molecule has 0 bridgehead atoms. The molecule has 2 aromatic rings. The third-order valence-corrected chi connectivity index (χ3v) is 4.13. The molecule has 1 heterocycles. The van der Waals surface area contributed by atoms with Crippen LogP contribution in [0.15, 0.2) is 47.4 Å². The van der Waals surface area contributed by atoms with E-state index in [4.69, 9.17) is 16.7 Å². The zero-order valence-corrected chi connectivity index (χ0v) is 14.6. The molecule has 0 saturated heterocycles. The van der Waals surface area contributed by atoms with E-state index < -0.39 is 5.97 Å². The summed E-state index contributed by atoms with van der Waals surface area (Å²) >= 11 is 6.12. The number of carbonyl (C=O) groups excluding carboxylic acids is 1. The topological polar surface area (TPSA) is 79.6 Å². The molecule has 6 nitrogen and oxygen atoms in total. The van der Waals surface area contributed by atoms with E-state index in [2.05, 4.69) is 0 Å². The van der Waals surface area contributed by atoms with Crippen molar-refractivity contribution in [2.75, 3.05) is 13.6 Å². The lowest BCUT2D eigenvalue weighted by atomic mass is 10.2. The average molecular weight is 363 g/mol. The van der Waals surface area contributed by atoms with Crippen molar-refractivity contribution in [2.45, 2.75) is 19.4 Å². The third kappa shape index (κ3) is 5.19. The molecule has 1 aromatic heterocycles. The second-order valence-corrected chi connectivity index (χ2v) is 6.11. The van der Waals surface area contributed by atoms with Crippen molar-refractivity contribution < 1.29 is 14.7 Å². The maximum absolute atomic E-state index is 12.4. The van der Waals surface area contributed by atoms with Gasteiger partial charge in [0.25, 0.3) is 11.5 Å². The molecule has 1 aromatic carbocycles. The van der Waals surface area contributed by atoms with Crippen molar-refractivity contribution in [1.29, 1.82) is 0 Å². The number of hydrogen-bond acceptors (Lipinski definition) is 3. The lowest BCUT2D eigenvalue weighted by Crippen LogP contribution is -2.30. The number of aromatic nitrogens is 1. The van der Waals surface area contributed by atoms with Gasteiger partial charge in [0.15, 0.2) is 0 Å². The number of halogens is 1. The van der Waals surface area contributed by atoms with Crippen LogP contribution < -0.4 is 5.56 Å². The van der Waals surface area contributed by atoms with Gasteiger partial charge in [-0.25, -0.2) is 0 Å². The standard InChI is InChI=1S/C18H19ClN2O4/c1-20(10-4-7-17(23)24)18(25)14-8-9-16(22)21(12-14)11-13-5-2-3-6-15(13)19/h2-3,5-6,8-9,12H,4,7,10-11H2,1H3,(H,23,24). The summed E-state index contributed by atoms with van der Waals surface area (Å²) in [4.78, 5) is 36.5. The number of hydrogen-bond donors (Lipinski definition) is 1. The molecule has 1 amide bonds. The van der Waals surface area contributed by atoms with Crippen molar-refractivity contribution >= 4 is 23.5 Å². The highest BCUT2D eigenvalue weighted by molar-refractivity contribution is 6.31. The highest BCUT2D eigenvalue weighted by Crippen LogP contribution is 2.15. The first-order chi connectivity index (χ1) is 11.9. The van der Waals surface area contributed by atoms with E-state index in [1.165, 1.54) is 27.8 Å². The number of amides is 1. The van der Waals surface area contributed by atoms with Gasteiger partial charge in [-0.3, -0.25) is 14.4 Å². The summed E-state index contributed by atoms with van der Waals surface area (Å²) in [7, 11) is 1.60. The number of carbonyl (C=O) groups is 2. The van der Waals surface area contributed by atoms with Gasteiger partial charge in [-0.05, 0) is 24.1 Å². The molecular formula is C18H19ClN2O4. The van der Waals surface area contributed by atoms with Gasteiger partial charge in [0.1, 0.15) is 0 Å². The van der Waals surface area contributed by atoms with Crippen molar-refractivity contribution in [2.24, 2.45) is 0 Å². The maximum atomic E-state index is 12.4. The molecule has 0 fully saturated rings. The lowest BCUT2D eigenvalue weighted by molar-refractivity contribution is -0.137. The zero-order valence-electron chi connectivity index (χ0n) is 13.8. The molecule has 0 atom stereocenters. The summed E-state index contributed by atoms with van der Waals surface area (Å²) in [6.45, 7) is 0.594. The number of pyridine rings is 1. The monoisotopic (exact) mass is 362 g/mol. The molecule has 2 rings (SSSR count). The Bertz CT molecular complexity index is 832. The Morgan fingerprint density at radius 3 is 2.60 bits per heavy atom. The number of carboxylic acid groups (broad SMARTS) is 1. The first-order valence-corrected chi connectivity index (χ1v) is 8.17. The van der Waals surface area contributed by atoms with Gasteiger partial charge in [-0.1, -0.05) is 29.8 Å². The number of benzene rings is 1. The van der Waals surface area contributed by atoms with Gasteiger partial charge in [-0.2, -0.15) is 0 Å². The summed E-state index contributed by atoms with van der Waals surface area (Å²) in [5, 5.41) is 9.21. The van der Waals surface area contributed by atoms with Crippen LogP contribution in [-0.4, -0.2) is 40.0 Å². The number of carboxylic acids is 1. The van der Waals surface area contributed by atoms with Crippen LogP contribution in [0.2, 0.25) is 5.02 Å². The molecule has 0 aliphatic carbocycles. The molecule has 0 saturated carbocycles. The van der Waals surface area contributed by atoms with E-state index in [1.807, 2.05) is 12.1 Å². The second kappa shape index (κ2) is 8.48. The van der Waals surface area contributed by atoms with E-state index >= 15 is 0 Å². The van der Waals surface area contributed by atoms with Gasteiger partial charge in [0, 0.05) is 37.3 Å². The van der Waals surface area contributed by atoms with Gasteiger partial charge in [0.2, 0.25) is 0 Å². The van der Waals surface area contributed by atoms with Gasteiger partial charge < -0.3 is 14.6 Å². The van der Waals surface area contributed by atoms with Crippen molar-refractivity contribution in [1.82, 2.24) is 9.47 Å². The van der Waals surface area contributed by atoms with E-state index in [0.29, 0.717) is 23.6 Å². The molecule has 0 unspecified atom stereocenters. The Hall–Kier alpha value is -2.60. The second-order valence-electron chi connectivity index (χ2n) is 5.70. The van der Waals surface area contributed by atoms with E-state index in [1.54, 1.807) is 19.2 Å². The highest BCUT2D eigenvalue weighted by Gasteiger charge is 2.13. The molecule has 0 aliphatic rings. The summed E-state index contributed by atoms with van der Waals surface area (Å²) < 4.78 is 1.43. The third-order valence-electron chi connectivity index (χ3n) is 3.76. The molecule has 25 heavy (non-hydrogen) atoms. The SMILES string of the molecule is CN(CCCC(=O)O)C(=O)c1ccc(=O)n(Cc2ccccc2Cl)c1. The fourth-order valence-electron chi connectivity index (χ4n) is 2.38. The summed E-state index contributed by atoms with van der Waals surface area (Å²) in [6.07, 6.45) is 1.88. The van der Waals surface area contributed by atoms with Crippen molar-refractivity contribution in [3.63, 3.8) is 0 Å². The van der Waals surface area contributed by atoms with Crippen LogP contribution in [0.25, 0.3) is 0 Å². The number of nitrogens with zero attached hydrogens (tertiary/aromatic N) is 2. The Morgan fingerprint density at radius 2 is 1.92 bits per heavy atom. The van der Waals surface area contributed by atoms with Gasteiger partial charge in [-0.15, -0.1) is 0 Å². The number of aliphatic carboxylic acids is 1. The minimum Gasteiger partial charge on any atom is -0.481 e. The average Bonchev–Trinajstić information content (AvgIpc) is 2.57. The van der Waals surface area contributed by atoms with Crippen LogP contribution in [0.5, 0.6) is 0 Å². The van der Waals surface area contributed by atoms with Crippen LogP contribution in [-0.2, 0) is 11.3 Å². The Morgan fingerprint density at radius 1 is 1.20 bits per heavy atom. The molecule has 0 aliphatic heterocycles. The smallest absolute Gasteiger partial charge is 0.303 e. The Kier molecular flexibility index (Phi) is 6.36. The predicted molar refractivity (Wildman–Crippen MR) is 95.1 cm³/mol. The summed E-state index contributed by atoms with van der Waals surface area (Å²) in [6, 6.07) is 10.0. The number of rotatable bonds is 7. The van der Waals surface area contributed by atoms with E-state index in [0.717, 1.165) is 5.56 Å². The van der Waals surface area contributed by atoms with Crippen LogP contribution in [0.3, 0.4) is 0 Å². The first-order valence-electron chi connectivity index (χ1n) is 7.79. The van der Waals surface area contributed by atoms with Gasteiger partial charge in [0.05, 0.1) is 12.1 Å². The largest absolute Gasteiger partial charge is 0.481 e. The van der Waals surface area contributed by atoms with Crippen molar-refractivity contribution in [3.05, 3.63) is 69.1 Å². The maximum Gasteiger partial charge on any atom is 0.303 e. The highest BCUT2D eigenvalue weighted by atomic mass is 35.5. The quantitative estimate of drug-likeness (QED) is 0.820. The fraction of sp³-hybridized carbons (Fsp3) is 0.278. The van der Waals surface area contributed by atoms with Crippen LogP contribution in [0, 0.1) is 0 Å². The predicted octanol–water partition coefficient (Wildman–Crippen LogP) is 2.49. The molecule has 0 spiro atoms. The zero-order chi connectivity index (χ0) is 18.4. The molecule has 132 valence electrons. The molecule has 0 radical (unpaired) electrons. The molecule has 1 N–H and O–H groups in total. The minimum absolute atomic E-state index is 0.00360. The minimum atomic E-state index is -0.894. The summed E-state index contributed by atoms with van der Waals surface area (Å²) in [5.41, 5.74) is 0.917. The molecule has 7 heteroatoms. The normalized spacial score (nSPS) is 10.5. The van der Waals surface area contributed by atoms with E-state index in [-0.39, 0.29) is 24.4 Å². The van der Waals surface area contributed by atoms with Crippen LogP contribution >= 0.6 is 11.6 Å². The van der Waals surface area contributed by atoms with Crippen LogP contribution in [0.1, 0.15) is 28.8 Å².